The molecule has 0 atom stereocenters. The van der Waals surface area contributed by atoms with Crippen molar-refractivity contribution in [1.82, 2.24) is 4.90 Å². The number of ether oxygens (including phenoxy) is 1. The lowest BCUT2D eigenvalue weighted by Crippen LogP contribution is -2.48. The molecular formula is C29H26ClN3O3. The van der Waals surface area contributed by atoms with Crippen LogP contribution in [-0.2, 0) is 4.79 Å². The molecule has 0 spiro atoms. The molecule has 36 heavy (non-hydrogen) atoms. The van der Waals surface area contributed by atoms with Crippen molar-refractivity contribution < 1.29 is 14.3 Å². The lowest BCUT2D eigenvalue weighted by Gasteiger charge is -2.36. The van der Waals surface area contributed by atoms with E-state index in [1.165, 1.54) is 0 Å². The highest BCUT2D eigenvalue weighted by Crippen LogP contribution is 2.30. The number of nitrogens with one attached hydrogen (secondary N) is 1. The standard InChI is InChI=1S/C29H26ClN3O3/c30-26-19-24(31-28(34)20-36-25-12-10-21-6-4-5-9-23(21)18-25)11-13-27(26)32-14-16-33(17-15-32)29(35)22-7-2-1-3-8-22/h1-13,18-19H,14-17,20H2,(H,31,34). The van der Waals surface area contributed by atoms with Crippen LogP contribution >= 0.6 is 11.6 Å². The summed E-state index contributed by atoms with van der Waals surface area (Å²) >= 11 is 6.56. The van der Waals surface area contributed by atoms with Gasteiger partial charge in [-0.3, -0.25) is 9.59 Å². The molecule has 1 aliphatic heterocycles. The SMILES string of the molecule is O=C(COc1ccc2ccccc2c1)Nc1ccc(N2CCN(C(=O)c3ccccc3)CC2)c(Cl)c1. The van der Waals surface area contributed by atoms with Crippen molar-refractivity contribution in [3.8, 4) is 5.75 Å². The van der Waals surface area contributed by atoms with Gasteiger partial charge in [-0.25, -0.2) is 0 Å². The summed E-state index contributed by atoms with van der Waals surface area (Å²) in [6.07, 6.45) is 0. The Kier molecular flexibility index (Phi) is 7.05. The number of hydrogen-bond donors (Lipinski definition) is 1. The lowest BCUT2D eigenvalue weighted by molar-refractivity contribution is -0.118. The number of benzene rings is 4. The van der Waals surface area contributed by atoms with Crippen LogP contribution in [0.2, 0.25) is 5.02 Å². The number of amides is 2. The van der Waals surface area contributed by atoms with Crippen molar-refractivity contribution in [1.29, 1.82) is 0 Å². The molecule has 1 fully saturated rings. The number of halogens is 1. The van der Waals surface area contributed by atoms with Crippen molar-refractivity contribution in [2.24, 2.45) is 0 Å². The number of carbonyl (C=O) groups excluding carboxylic acids is 2. The highest BCUT2D eigenvalue weighted by atomic mass is 35.5. The average molecular weight is 500 g/mol. The fourth-order valence-electron chi connectivity index (χ4n) is 4.36. The Morgan fingerprint density at radius 2 is 1.53 bits per heavy atom. The third-order valence-electron chi connectivity index (χ3n) is 6.25. The molecule has 1 N–H and O–H groups in total. The van der Waals surface area contributed by atoms with Gasteiger partial charge in [-0.05, 0) is 53.2 Å². The third kappa shape index (κ3) is 5.44. The molecule has 7 heteroatoms. The second-order valence-electron chi connectivity index (χ2n) is 8.66. The number of nitrogens with zero attached hydrogens (tertiary/aromatic N) is 2. The number of fused-ring (bicyclic) bond motifs is 1. The second-order valence-corrected chi connectivity index (χ2v) is 9.06. The predicted molar refractivity (Wildman–Crippen MR) is 144 cm³/mol. The first-order chi connectivity index (χ1) is 17.6. The van der Waals surface area contributed by atoms with Crippen molar-refractivity contribution in [2.45, 2.75) is 0 Å². The molecule has 1 aliphatic rings. The van der Waals surface area contributed by atoms with Gasteiger partial charge in [0, 0.05) is 37.4 Å². The van der Waals surface area contributed by atoms with Crippen LogP contribution in [-0.4, -0.2) is 49.5 Å². The summed E-state index contributed by atoms with van der Waals surface area (Å²) in [6.45, 7) is 2.51. The van der Waals surface area contributed by atoms with Crippen molar-refractivity contribution in [3.05, 3.63) is 102 Å². The van der Waals surface area contributed by atoms with Gasteiger partial charge < -0.3 is 19.9 Å². The van der Waals surface area contributed by atoms with E-state index in [9.17, 15) is 9.59 Å². The molecule has 1 saturated heterocycles. The van der Waals surface area contributed by atoms with Crippen LogP contribution in [0.3, 0.4) is 0 Å². The third-order valence-corrected chi connectivity index (χ3v) is 6.55. The number of anilines is 2. The van der Waals surface area contributed by atoms with Crippen LogP contribution < -0.4 is 15.0 Å². The molecule has 0 aliphatic carbocycles. The Balaban J connectivity index is 1.14. The minimum Gasteiger partial charge on any atom is -0.484 e. The molecule has 182 valence electrons. The van der Waals surface area contributed by atoms with E-state index in [0.717, 1.165) is 16.5 Å². The number of hydrogen-bond acceptors (Lipinski definition) is 4. The van der Waals surface area contributed by atoms with Gasteiger partial charge in [0.15, 0.2) is 6.61 Å². The molecule has 5 rings (SSSR count). The van der Waals surface area contributed by atoms with E-state index in [2.05, 4.69) is 10.2 Å². The zero-order valence-electron chi connectivity index (χ0n) is 19.7. The van der Waals surface area contributed by atoms with Crippen LogP contribution in [0.5, 0.6) is 5.75 Å². The molecule has 0 saturated carbocycles. The normalized spacial score (nSPS) is 13.5. The Morgan fingerprint density at radius 3 is 2.28 bits per heavy atom. The Morgan fingerprint density at radius 1 is 0.806 bits per heavy atom. The molecular weight excluding hydrogens is 474 g/mol. The van der Waals surface area contributed by atoms with Gasteiger partial charge in [0.2, 0.25) is 0 Å². The van der Waals surface area contributed by atoms with E-state index in [4.69, 9.17) is 16.3 Å². The first-order valence-corrected chi connectivity index (χ1v) is 12.2. The largest absolute Gasteiger partial charge is 0.484 e. The quantitative estimate of drug-likeness (QED) is 0.382. The van der Waals surface area contributed by atoms with Gasteiger partial charge in [-0.15, -0.1) is 0 Å². The monoisotopic (exact) mass is 499 g/mol. The van der Waals surface area contributed by atoms with Crippen LogP contribution in [0, 0.1) is 0 Å². The summed E-state index contributed by atoms with van der Waals surface area (Å²) in [7, 11) is 0. The smallest absolute Gasteiger partial charge is 0.262 e. The van der Waals surface area contributed by atoms with E-state index in [1.807, 2.05) is 89.8 Å². The number of carbonyl (C=O) groups is 2. The van der Waals surface area contributed by atoms with Crippen molar-refractivity contribution >= 4 is 45.6 Å². The Labute approximate surface area is 215 Å². The molecule has 0 bridgehead atoms. The maximum absolute atomic E-state index is 12.7. The highest BCUT2D eigenvalue weighted by Gasteiger charge is 2.23. The topological polar surface area (TPSA) is 61.9 Å². The zero-order chi connectivity index (χ0) is 24.9. The maximum Gasteiger partial charge on any atom is 0.262 e. The number of piperazine rings is 1. The lowest BCUT2D eigenvalue weighted by atomic mass is 10.1. The van der Waals surface area contributed by atoms with E-state index in [-0.39, 0.29) is 18.4 Å². The molecule has 6 nitrogen and oxygen atoms in total. The molecule has 0 aromatic heterocycles. The van der Waals surface area contributed by atoms with Gasteiger partial charge >= 0.3 is 0 Å². The number of rotatable bonds is 6. The van der Waals surface area contributed by atoms with Crippen molar-refractivity contribution in [3.63, 3.8) is 0 Å². The highest BCUT2D eigenvalue weighted by molar-refractivity contribution is 6.33. The van der Waals surface area contributed by atoms with Crippen LogP contribution in [0.4, 0.5) is 11.4 Å². The first-order valence-electron chi connectivity index (χ1n) is 11.9. The van der Waals surface area contributed by atoms with Crippen LogP contribution in [0.25, 0.3) is 10.8 Å². The summed E-state index contributed by atoms with van der Waals surface area (Å²) in [6, 6.07) is 28.5. The fourth-order valence-corrected chi connectivity index (χ4v) is 4.66. The first kappa shape index (κ1) is 23.7. The molecule has 1 heterocycles. The van der Waals surface area contributed by atoms with E-state index in [1.54, 1.807) is 6.07 Å². The summed E-state index contributed by atoms with van der Waals surface area (Å²) in [4.78, 5) is 29.2. The predicted octanol–water partition coefficient (Wildman–Crippen LogP) is 5.47. The molecule has 4 aromatic carbocycles. The molecule has 4 aromatic rings. The summed E-state index contributed by atoms with van der Waals surface area (Å²) in [5, 5.41) is 5.57. The minimum atomic E-state index is -0.264. The maximum atomic E-state index is 12.7. The van der Waals surface area contributed by atoms with Gasteiger partial charge in [0.05, 0.1) is 10.7 Å². The van der Waals surface area contributed by atoms with Gasteiger partial charge in [-0.2, -0.15) is 0 Å². The Hall–Kier alpha value is -4.03. The molecule has 2 amide bonds. The van der Waals surface area contributed by atoms with E-state index in [0.29, 0.717) is 48.2 Å². The summed E-state index contributed by atoms with van der Waals surface area (Å²) in [5.41, 5.74) is 2.19. The van der Waals surface area contributed by atoms with Crippen LogP contribution in [0.15, 0.2) is 91.0 Å². The van der Waals surface area contributed by atoms with Gasteiger partial charge in [0.1, 0.15) is 5.75 Å². The van der Waals surface area contributed by atoms with Gasteiger partial charge in [0.25, 0.3) is 11.8 Å². The molecule has 0 unspecified atom stereocenters. The summed E-state index contributed by atoms with van der Waals surface area (Å²) in [5.74, 6) is 0.424. The second kappa shape index (κ2) is 10.7. The van der Waals surface area contributed by atoms with Crippen LogP contribution in [0.1, 0.15) is 10.4 Å². The fraction of sp³-hybridized carbons (Fsp3) is 0.172. The Bertz CT molecular complexity index is 1390. The van der Waals surface area contributed by atoms with E-state index >= 15 is 0 Å². The average Bonchev–Trinajstić information content (AvgIpc) is 2.92. The van der Waals surface area contributed by atoms with E-state index < -0.39 is 0 Å². The minimum absolute atomic E-state index is 0.0466. The summed E-state index contributed by atoms with van der Waals surface area (Å²) < 4.78 is 5.67. The van der Waals surface area contributed by atoms with Crippen molar-refractivity contribution in [2.75, 3.05) is 43.0 Å². The molecule has 0 radical (unpaired) electrons. The van der Waals surface area contributed by atoms with Gasteiger partial charge in [-0.1, -0.05) is 60.1 Å². The zero-order valence-corrected chi connectivity index (χ0v) is 20.4.